The number of ether oxygens (including phenoxy) is 1. The monoisotopic (exact) mass is 258 g/mol. The summed E-state index contributed by atoms with van der Waals surface area (Å²) in [4.78, 5) is 11.2. The van der Waals surface area contributed by atoms with E-state index < -0.39 is 0 Å². The molecular formula is C10H14N2O2S2. The van der Waals surface area contributed by atoms with Gasteiger partial charge in [-0.15, -0.1) is 10.2 Å². The largest absolute Gasteiger partial charge is 0.469 e. The lowest BCUT2D eigenvalue weighted by Crippen LogP contribution is -2.12. The number of methoxy groups -OCH3 is 1. The van der Waals surface area contributed by atoms with E-state index in [9.17, 15) is 4.79 Å². The molecule has 0 aliphatic heterocycles. The first-order valence-corrected chi connectivity index (χ1v) is 6.93. The van der Waals surface area contributed by atoms with Crippen LogP contribution in [0.4, 0.5) is 0 Å². The zero-order chi connectivity index (χ0) is 11.6. The van der Waals surface area contributed by atoms with Crippen LogP contribution in [0.1, 0.15) is 24.3 Å². The third kappa shape index (κ3) is 2.95. The molecule has 1 heterocycles. The lowest BCUT2D eigenvalue weighted by atomic mass is 10.1. The standard InChI is InChI=1S/C10H14N2O2S2/c1-7-11-12-9(16-7)15-6-10(3-4-10)5-8(13)14-2/h3-6H2,1-2H3. The second-order valence-electron chi connectivity index (χ2n) is 4.13. The van der Waals surface area contributed by atoms with Crippen LogP contribution < -0.4 is 0 Å². The molecule has 1 fully saturated rings. The summed E-state index contributed by atoms with van der Waals surface area (Å²) in [6, 6.07) is 0. The van der Waals surface area contributed by atoms with E-state index in [4.69, 9.17) is 4.74 Å². The summed E-state index contributed by atoms with van der Waals surface area (Å²) >= 11 is 3.31. The molecule has 2 rings (SSSR count). The van der Waals surface area contributed by atoms with Crippen LogP contribution in [0.2, 0.25) is 0 Å². The summed E-state index contributed by atoms with van der Waals surface area (Å²) in [5.74, 6) is 0.836. The van der Waals surface area contributed by atoms with Crippen molar-refractivity contribution in [1.29, 1.82) is 0 Å². The molecule has 0 saturated heterocycles. The number of aryl methyl sites for hydroxylation is 1. The fourth-order valence-electron chi connectivity index (χ4n) is 1.48. The highest BCUT2D eigenvalue weighted by Gasteiger charge is 2.44. The van der Waals surface area contributed by atoms with Gasteiger partial charge in [0.2, 0.25) is 0 Å². The molecule has 16 heavy (non-hydrogen) atoms. The number of thioether (sulfide) groups is 1. The van der Waals surface area contributed by atoms with E-state index in [0.717, 1.165) is 27.9 Å². The van der Waals surface area contributed by atoms with Crippen molar-refractivity contribution < 1.29 is 9.53 Å². The van der Waals surface area contributed by atoms with Crippen molar-refractivity contribution in [3.8, 4) is 0 Å². The van der Waals surface area contributed by atoms with Crippen molar-refractivity contribution in [3.63, 3.8) is 0 Å². The third-order valence-electron chi connectivity index (χ3n) is 2.71. The summed E-state index contributed by atoms with van der Waals surface area (Å²) in [7, 11) is 1.44. The first kappa shape index (κ1) is 11.9. The summed E-state index contributed by atoms with van der Waals surface area (Å²) < 4.78 is 5.70. The van der Waals surface area contributed by atoms with Crippen molar-refractivity contribution in [2.45, 2.75) is 30.5 Å². The van der Waals surface area contributed by atoms with E-state index in [2.05, 4.69) is 10.2 Å². The Kier molecular flexibility index (Phi) is 3.49. The fraction of sp³-hybridized carbons (Fsp3) is 0.700. The highest BCUT2D eigenvalue weighted by Crippen LogP contribution is 2.52. The number of hydrogen-bond donors (Lipinski definition) is 0. The molecule has 0 aromatic carbocycles. The molecule has 0 N–H and O–H groups in total. The molecule has 1 aromatic heterocycles. The minimum absolute atomic E-state index is 0.105. The minimum atomic E-state index is -0.105. The first-order valence-electron chi connectivity index (χ1n) is 5.13. The Morgan fingerprint density at radius 2 is 2.31 bits per heavy atom. The van der Waals surface area contributed by atoms with Gasteiger partial charge >= 0.3 is 5.97 Å². The Hall–Kier alpha value is -0.620. The van der Waals surface area contributed by atoms with E-state index in [1.165, 1.54) is 7.11 Å². The van der Waals surface area contributed by atoms with Gasteiger partial charge in [0.25, 0.3) is 0 Å². The Morgan fingerprint density at radius 1 is 1.56 bits per heavy atom. The van der Waals surface area contributed by atoms with Crippen LogP contribution in [0.15, 0.2) is 4.34 Å². The maximum Gasteiger partial charge on any atom is 0.306 e. The van der Waals surface area contributed by atoms with Gasteiger partial charge in [-0.2, -0.15) is 0 Å². The van der Waals surface area contributed by atoms with E-state index >= 15 is 0 Å². The molecule has 0 amide bonds. The molecule has 0 unspecified atom stereocenters. The highest BCUT2D eigenvalue weighted by atomic mass is 32.2. The van der Waals surface area contributed by atoms with Gasteiger partial charge in [-0.25, -0.2) is 0 Å². The summed E-state index contributed by atoms with van der Waals surface area (Å²) in [6.07, 6.45) is 2.77. The lowest BCUT2D eigenvalue weighted by molar-refractivity contribution is -0.141. The molecule has 1 aliphatic rings. The van der Waals surface area contributed by atoms with Crippen LogP contribution in [-0.4, -0.2) is 29.0 Å². The van der Waals surface area contributed by atoms with E-state index in [-0.39, 0.29) is 11.4 Å². The zero-order valence-electron chi connectivity index (χ0n) is 9.36. The fourth-order valence-corrected chi connectivity index (χ4v) is 3.59. The van der Waals surface area contributed by atoms with Gasteiger partial charge in [0.15, 0.2) is 4.34 Å². The minimum Gasteiger partial charge on any atom is -0.469 e. The summed E-state index contributed by atoms with van der Waals surface area (Å²) in [5, 5.41) is 9.02. The zero-order valence-corrected chi connectivity index (χ0v) is 11.0. The number of carbonyl (C=O) groups excluding carboxylic acids is 1. The van der Waals surface area contributed by atoms with Gasteiger partial charge in [-0.1, -0.05) is 23.1 Å². The lowest BCUT2D eigenvalue weighted by Gasteiger charge is -2.11. The second kappa shape index (κ2) is 4.71. The van der Waals surface area contributed by atoms with E-state index in [1.807, 2.05) is 6.92 Å². The second-order valence-corrected chi connectivity index (χ2v) is 6.53. The smallest absolute Gasteiger partial charge is 0.306 e. The normalized spacial score (nSPS) is 17.1. The van der Waals surface area contributed by atoms with Crippen molar-refractivity contribution >= 4 is 29.1 Å². The number of aromatic nitrogens is 2. The Bertz CT molecular complexity index is 388. The average Bonchev–Trinajstić information content (AvgIpc) is 2.90. The molecule has 4 nitrogen and oxygen atoms in total. The van der Waals surface area contributed by atoms with Crippen LogP contribution in [0.25, 0.3) is 0 Å². The summed E-state index contributed by atoms with van der Waals surface area (Å²) in [5.41, 5.74) is 0.164. The molecule has 1 saturated carbocycles. The van der Waals surface area contributed by atoms with Gasteiger partial charge in [0.1, 0.15) is 5.01 Å². The van der Waals surface area contributed by atoms with E-state index in [0.29, 0.717) is 6.42 Å². The Morgan fingerprint density at radius 3 is 2.81 bits per heavy atom. The van der Waals surface area contributed by atoms with Gasteiger partial charge in [0, 0.05) is 5.75 Å². The van der Waals surface area contributed by atoms with Crippen LogP contribution >= 0.6 is 23.1 Å². The molecule has 0 spiro atoms. The van der Waals surface area contributed by atoms with Crippen LogP contribution in [0, 0.1) is 12.3 Å². The summed E-state index contributed by atoms with van der Waals surface area (Å²) in [6.45, 7) is 1.95. The molecule has 6 heteroatoms. The quantitative estimate of drug-likeness (QED) is 0.599. The number of carbonyl (C=O) groups is 1. The number of hydrogen-bond acceptors (Lipinski definition) is 6. The number of esters is 1. The topological polar surface area (TPSA) is 52.1 Å². The molecule has 1 aromatic rings. The molecule has 0 bridgehead atoms. The predicted molar refractivity (Wildman–Crippen MR) is 63.7 cm³/mol. The highest BCUT2D eigenvalue weighted by molar-refractivity contribution is 8.01. The van der Waals surface area contributed by atoms with Crippen molar-refractivity contribution in [2.24, 2.45) is 5.41 Å². The van der Waals surface area contributed by atoms with Gasteiger partial charge in [-0.3, -0.25) is 4.79 Å². The Labute approximate surface area is 103 Å². The molecule has 0 atom stereocenters. The van der Waals surface area contributed by atoms with Crippen molar-refractivity contribution in [2.75, 3.05) is 12.9 Å². The van der Waals surface area contributed by atoms with Crippen LogP contribution in [0.5, 0.6) is 0 Å². The average molecular weight is 258 g/mol. The third-order valence-corrected chi connectivity index (χ3v) is 5.04. The first-order chi connectivity index (χ1) is 7.63. The maximum atomic E-state index is 11.2. The van der Waals surface area contributed by atoms with Crippen molar-refractivity contribution in [3.05, 3.63) is 5.01 Å². The van der Waals surface area contributed by atoms with Gasteiger partial charge < -0.3 is 4.74 Å². The number of nitrogens with zero attached hydrogens (tertiary/aromatic N) is 2. The Balaban J connectivity index is 1.83. The molecule has 88 valence electrons. The maximum absolute atomic E-state index is 11.2. The van der Waals surface area contributed by atoms with Crippen LogP contribution in [0.3, 0.4) is 0 Å². The number of rotatable bonds is 5. The van der Waals surface area contributed by atoms with E-state index in [1.54, 1.807) is 23.1 Å². The van der Waals surface area contributed by atoms with Gasteiger partial charge in [-0.05, 0) is 25.2 Å². The van der Waals surface area contributed by atoms with Gasteiger partial charge in [0.05, 0.1) is 13.5 Å². The predicted octanol–water partition coefficient (Wildman–Crippen LogP) is 2.28. The van der Waals surface area contributed by atoms with Crippen LogP contribution in [-0.2, 0) is 9.53 Å². The molecular weight excluding hydrogens is 244 g/mol. The molecule has 0 radical (unpaired) electrons. The van der Waals surface area contributed by atoms with Crippen molar-refractivity contribution in [1.82, 2.24) is 10.2 Å². The SMILES string of the molecule is COC(=O)CC1(CSc2nnc(C)s2)CC1. The molecule has 1 aliphatic carbocycles.